The van der Waals surface area contributed by atoms with E-state index in [1.54, 1.807) is 26.8 Å². The summed E-state index contributed by atoms with van der Waals surface area (Å²) in [6, 6.07) is 3.48. The summed E-state index contributed by atoms with van der Waals surface area (Å²) in [5.74, 6) is -0.276. The van der Waals surface area contributed by atoms with E-state index in [0.717, 1.165) is 16.8 Å². The number of benzene rings is 1. The minimum Gasteiger partial charge on any atom is -0.444 e. The summed E-state index contributed by atoms with van der Waals surface area (Å²) in [7, 11) is 3.76. The van der Waals surface area contributed by atoms with E-state index in [2.05, 4.69) is 32.1 Å². The number of likely N-dealkylation sites (N-methyl/N-ethyl adjacent to an activating group) is 2. The van der Waals surface area contributed by atoms with E-state index >= 15 is 0 Å². The van der Waals surface area contributed by atoms with Crippen molar-refractivity contribution >= 4 is 28.9 Å². The number of amides is 2. The molecule has 0 aromatic heterocycles. The van der Waals surface area contributed by atoms with E-state index in [1.807, 2.05) is 26.4 Å². The molecular formula is C19H28N6O3. The fourth-order valence-electron chi connectivity index (χ4n) is 3.66. The molecule has 9 nitrogen and oxygen atoms in total. The highest BCUT2D eigenvalue weighted by molar-refractivity contribution is 6.08. The zero-order valence-corrected chi connectivity index (χ0v) is 16.9. The standard InChI is InChI=1S/C19H28N6O3/c1-18(2,3)28-17(27)23-11-6-12-15-13(8-22-25-16(12)26)19(9-20-4,10-21-5)24-14(15)7-11/h6-8,20-22,24H,9-10H2,1-5H3,(H,23,27)(H,25,26). The number of hydrogen-bond acceptors (Lipinski definition) is 7. The van der Waals surface area contributed by atoms with Crippen molar-refractivity contribution in [2.45, 2.75) is 31.9 Å². The Bertz CT molecular complexity index is 822. The molecule has 0 bridgehead atoms. The van der Waals surface area contributed by atoms with Crippen LogP contribution >= 0.6 is 0 Å². The molecule has 1 aromatic rings. The van der Waals surface area contributed by atoms with E-state index in [1.165, 1.54) is 0 Å². The minimum absolute atomic E-state index is 0.276. The van der Waals surface area contributed by atoms with Gasteiger partial charge in [-0.1, -0.05) is 0 Å². The predicted octanol–water partition coefficient (Wildman–Crippen LogP) is 1.23. The van der Waals surface area contributed by atoms with Crippen LogP contribution in [-0.4, -0.2) is 50.3 Å². The summed E-state index contributed by atoms with van der Waals surface area (Å²) >= 11 is 0. The number of ether oxygens (including phenoxy) is 1. The Kier molecular flexibility index (Phi) is 5.22. The summed E-state index contributed by atoms with van der Waals surface area (Å²) in [5.41, 5.74) is 7.98. The fourth-order valence-corrected chi connectivity index (χ4v) is 3.66. The van der Waals surface area contributed by atoms with Gasteiger partial charge in [0, 0.05) is 41.8 Å². The maximum Gasteiger partial charge on any atom is 0.412 e. The highest BCUT2D eigenvalue weighted by Gasteiger charge is 2.44. The summed E-state index contributed by atoms with van der Waals surface area (Å²) in [5, 5.41) is 12.7. The second-order valence-electron chi connectivity index (χ2n) is 8.00. The molecule has 0 saturated heterocycles. The van der Waals surface area contributed by atoms with Crippen LogP contribution in [0.2, 0.25) is 0 Å². The Balaban J connectivity index is 2.03. The molecule has 0 spiro atoms. The number of anilines is 2. The van der Waals surface area contributed by atoms with Gasteiger partial charge in [-0.05, 0) is 47.0 Å². The zero-order chi connectivity index (χ0) is 20.5. The van der Waals surface area contributed by atoms with Crippen molar-refractivity contribution in [3.63, 3.8) is 0 Å². The lowest BCUT2D eigenvalue weighted by Gasteiger charge is -2.31. The SMILES string of the molecule is CNCC1(CNC)Nc2cc(NC(=O)OC(C)(C)C)cc3c2C1=CNNC3=O. The molecule has 152 valence electrons. The monoisotopic (exact) mass is 388 g/mol. The third-order valence-corrected chi connectivity index (χ3v) is 4.55. The number of carbonyl (C=O) groups is 2. The first kappa shape index (κ1) is 20.0. The maximum absolute atomic E-state index is 12.6. The first-order valence-corrected chi connectivity index (χ1v) is 9.21. The molecule has 28 heavy (non-hydrogen) atoms. The van der Waals surface area contributed by atoms with Crippen LogP contribution in [-0.2, 0) is 4.74 Å². The van der Waals surface area contributed by atoms with E-state index in [-0.39, 0.29) is 5.91 Å². The Labute approximate surface area is 164 Å². The molecule has 0 fully saturated rings. The van der Waals surface area contributed by atoms with Crippen LogP contribution in [0.3, 0.4) is 0 Å². The first-order valence-electron chi connectivity index (χ1n) is 9.21. The van der Waals surface area contributed by atoms with Gasteiger partial charge >= 0.3 is 6.09 Å². The van der Waals surface area contributed by atoms with Crippen LogP contribution in [0.15, 0.2) is 18.3 Å². The first-order chi connectivity index (χ1) is 13.2. The smallest absolute Gasteiger partial charge is 0.412 e. The van der Waals surface area contributed by atoms with Crippen molar-refractivity contribution in [2.24, 2.45) is 0 Å². The van der Waals surface area contributed by atoms with Gasteiger partial charge in [0.15, 0.2) is 0 Å². The summed E-state index contributed by atoms with van der Waals surface area (Å²) in [4.78, 5) is 24.8. The largest absolute Gasteiger partial charge is 0.444 e. The van der Waals surface area contributed by atoms with Crippen LogP contribution in [0.25, 0.3) is 5.57 Å². The van der Waals surface area contributed by atoms with Gasteiger partial charge in [-0.25, -0.2) is 4.79 Å². The lowest BCUT2D eigenvalue weighted by atomic mass is 9.87. The van der Waals surface area contributed by atoms with Crippen LogP contribution in [0.5, 0.6) is 0 Å². The molecular weight excluding hydrogens is 360 g/mol. The van der Waals surface area contributed by atoms with Gasteiger partial charge < -0.3 is 26.1 Å². The lowest BCUT2D eigenvalue weighted by Crippen LogP contribution is -2.51. The van der Waals surface area contributed by atoms with Gasteiger partial charge in [0.25, 0.3) is 5.91 Å². The van der Waals surface area contributed by atoms with Crippen LogP contribution in [0, 0.1) is 0 Å². The molecule has 9 heteroatoms. The summed E-state index contributed by atoms with van der Waals surface area (Å²) in [6.45, 7) is 6.66. The van der Waals surface area contributed by atoms with Gasteiger partial charge in [0.05, 0.1) is 11.1 Å². The molecule has 6 N–H and O–H groups in total. The Morgan fingerprint density at radius 3 is 2.46 bits per heavy atom. The second-order valence-corrected chi connectivity index (χ2v) is 8.00. The van der Waals surface area contributed by atoms with E-state index < -0.39 is 17.2 Å². The Morgan fingerprint density at radius 2 is 1.86 bits per heavy atom. The zero-order valence-electron chi connectivity index (χ0n) is 16.9. The van der Waals surface area contributed by atoms with Crippen molar-refractivity contribution in [3.8, 4) is 0 Å². The molecule has 0 unspecified atom stereocenters. The van der Waals surface area contributed by atoms with Gasteiger partial charge in [-0.2, -0.15) is 0 Å². The number of nitrogens with one attached hydrogen (secondary N) is 6. The van der Waals surface area contributed by atoms with E-state index in [9.17, 15) is 9.59 Å². The Morgan fingerprint density at radius 1 is 1.18 bits per heavy atom. The lowest BCUT2D eigenvalue weighted by molar-refractivity contribution is 0.0635. The highest BCUT2D eigenvalue weighted by atomic mass is 16.6. The second kappa shape index (κ2) is 7.33. The fraction of sp³-hybridized carbons (Fsp3) is 0.474. The van der Waals surface area contributed by atoms with E-state index in [0.29, 0.717) is 24.3 Å². The number of hydrazine groups is 1. The molecule has 0 aliphatic carbocycles. The van der Waals surface area contributed by atoms with Crippen molar-refractivity contribution in [1.82, 2.24) is 21.5 Å². The molecule has 0 atom stereocenters. The summed E-state index contributed by atoms with van der Waals surface area (Å²) in [6.07, 6.45) is 1.24. The number of carbonyl (C=O) groups excluding carboxylic acids is 2. The minimum atomic E-state index is -0.614. The van der Waals surface area contributed by atoms with Crippen molar-refractivity contribution in [1.29, 1.82) is 0 Å². The van der Waals surface area contributed by atoms with Gasteiger partial charge in [-0.15, -0.1) is 0 Å². The van der Waals surface area contributed by atoms with Crippen LogP contribution < -0.4 is 32.1 Å². The molecule has 0 radical (unpaired) electrons. The van der Waals surface area contributed by atoms with Gasteiger partial charge in [-0.3, -0.25) is 15.5 Å². The van der Waals surface area contributed by atoms with Crippen LogP contribution in [0.4, 0.5) is 16.2 Å². The van der Waals surface area contributed by atoms with Crippen molar-refractivity contribution in [2.75, 3.05) is 37.8 Å². The average Bonchev–Trinajstić information content (AvgIpc) is 2.74. The average molecular weight is 388 g/mol. The molecule has 2 amide bonds. The number of hydrogen-bond donors (Lipinski definition) is 6. The maximum atomic E-state index is 12.6. The van der Waals surface area contributed by atoms with Gasteiger partial charge in [0.2, 0.25) is 0 Å². The third-order valence-electron chi connectivity index (χ3n) is 4.55. The molecule has 2 aliphatic heterocycles. The van der Waals surface area contributed by atoms with Crippen molar-refractivity contribution in [3.05, 3.63) is 29.5 Å². The molecule has 2 aliphatic rings. The summed E-state index contributed by atoms with van der Waals surface area (Å²) < 4.78 is 5.32. The normalized spacial score (nSPS) is 16.8. The number of rotatable bonds is 5. The molecule has 2 heterocycles. The van der Waals surface area contributed by atoms with Crippen molar-refractivity contribution < 1.29 is 14.3 Å². The predicted molar refractivity (Wildman–Crippen MR) is 109 cm³/mol. The van der Waals surface area contributed by atoms with Gasteiger partial charge in [0.1, 0.15) is 5.60 Å². The van der Waals surface area contributed by atoms with Crippen LogP contribution in [0.1, 0.15) is 36.7 Å². The molecule has 1 aromatic carbocycles. The quantitative estimate of drug-likeness (QED) is 0.449. The molecule has 0 saturated carbocycles. The van der Waals surface area contributed by atoms with E-state index in [4.69, 9.17) is 4.74 Å². The Hall–Kier alpha value is -2.78. The topological polar surface area (TPSA) is 116 Å². The highest BCUT2D eigenvalue weighted by Crippen LogP contribution is 2.45. The third kappa shape index (κ3) is 3.76. The molecule has 3 rings (SSSR count).